The van der Waals surface area contributed by atoms with Crippen LogP contribution in [0.1, 0.15) is 52.4 Å². The number of hydrogen-bond acceptors (Lipinski definition) is 4. The van der Waals surface area contributed by atoms with Crippen molar-refractivity contribution in [2.24, 2.45) is 0 Å². The van der Waals surface area contributed by atoms with Crippen LogP contribution < -0.4 is 9.47 Å². The zero-order valence-electron chi connectivity index (χ0n) is 22.0. The first kappa shape index (κ1) is 28.1. The molecule has 0 aliphatic heterocycles. The SMILES string of the molecule is CCCCCOc1cccc(OCCCCC)c1-c1ccnc(-c2cc(-c3cc(F)c(F)c(F)c3F)n[nH]2)c1. The molecule has 0 saturated carbocycles. The summed E-state index contributed by atoms with van der Waals surface area (Å²) in [6.07, 6.45) is 7.75. The molecular formula is C30H31F4N3O2. The second-order valence-electron chi connectivity index (χ2n) is 9.18. The topological polar surface area (TPSA) is 60.0 Å². The minimum absolute atomic E-state index is 0.0906. The molecule has 206 valence electrons. The van der Waals surface area contributed by atoms with Crippen LogP contribution in [0.15, 0.2) is 48.7 Å². The zero-order valence-corrected chi connectivity index (χ0v) is 22.0. The number of pyridine rings is 1. The Morgan fingerprint density at radius 2 is 1.41 bits per heavy atom. The summed E-state index contributed by atoms with van der Waals surface area (Å²) in [4.78, 5) is 4.39. The number of benzene rings is 2. The number of rotatable bonds is 13. The predicted octanol–water partition coefficient (Wildman–Crippen LogP) is 8.50. The highest BCUT2D eigenvalue weighted by molar-refractivity contribution is 5.79. The first-order valence-corrected chi connectivity index (χ1v) is 13.2. The van der Waals surface area contributed by atoms with E-state index < -0.39 is 28.8 Å². The molecule has 9 heteroatoms. The molecule has 2 aromatic heterocycles. The molecule has 0 radical (unpaired) electrons. The molecule has 0 atom stereocenters. The molecule has 0 aliphatic rings. The summed E-state index contributed by atoms with van der Waals surface area (Å²) in [6, 6.07) is 11.3. The van der Waals surface area contributed by atoms with E-state index in [-0.39, 0.29) is 5.69 Å². The van der Waals surface area contributed by atoms with Crippen molar-refractivity contribution >= 4 is 0 Å². The van der Waals surface area contributed by atoms with Crippen molar-refractivity contribution in [3.8, 4) is 45.3 Å². The predicted molar refractivity (Wildman–Crippen MR) is 143 cm³/mol. The van der Waals surface area contributed by atoms with Gasteiger partial charge in [-0.3, -0.25) is 10.1 Å². The molecule has 5 nitrogen and oxygen atoms in total. The molecule has 0 bridgehead atoms. The van der Waals surface area contributed by atoms with Gasteiger partial charge in [-0.25, -0.2) is 17.6 Å². The number of aromatic amines is 1. The van der Waals surface area contributed by atoms with Crippen molar-refractivity contribution in [3.63, 3.8) is 0 Å². The van der Waals surface area contributed by atoms with E-state index in [0.29, 0.717) is 42.2 Å². The summed E-state index contributed by atoms with van der Waals surface area (Å²) in [5, 5.41) is 6.70. The Labute approximate surface area is 225 Å². The van der Waals surface area contributed by atoms with E-state index in [2.05, 4.69) is 29.0 Å². The van der Waals surface area contributed by atoms with Crippen molar-refractivity contribution in [2.45, 2.75) is 52.4 Å². The van der Waals surface area contributed by atoms with Crippen molar-refractivity contribution in [1.82, 2.24) is 15.2 Å². The molecular weight excluding hydrogens is 510 g/mol. The average molecular weight is 542 g/mol. The van der Waals surface area contributed by atoms with Crippen LogP contribution in [0.4, 0.5) is 17.6 Å². The minimum atomic E-state index is -1.89. The normalized spacial score (nSPS) is 11.1. The van der Waals surface area contributed by atoms with Gasteiger partial charge in [-0.15, -0.1) is 0 Å². The number of unbranched alkanes of at least 4 members (excludes halogenated alkanes) is 4. The Hall–Kier alpha value is -3.88. The zero-order chi connectivity index (χ0) is 27.8. The second kappa shape index (κ2) is 13.3. The Bertz CT molecular complexity index is 1380. The van der Waals surface area contributed by atoms with E-state index in [4.69, 9.17) is 9.47 Å². The van der Waals surface area contributed by atoms with Gasteiger partial charge in [-0.2, -0.15) is 5.10 Å². The van der Waals surface area contributed by atoms with E-state index in [0.717, 1.165) is 49.7 Å². The number of hydrogen-bond donors (Lipinski definition) is 1. The van der Waals surface area contributed by atoms with Gasteiger partial charge < -0.3 is 9.47 Å². The number of ether oxygens (including phenoxy) is 2. The summed E-state index contributed by atoms with van der Waals surface area (Å²) in [7, 11) is 0. The van der Waals surface area contributed by atoms with Crippen molar-refractivity contribution in [3.05, 3.63) is 71.9 Å². The Morgan fingerprint density at radius 1 is 0.744 bits per heavy atom. The van der Waals surface area contributed by atoms with Crippen LogP contribution in [-0.4, -0.2) is 28.4 Å². The first-order chi connectivity index (χ1) is 18.9. The second-order valence-corrected chi connectivity index (χ2v) is 9.18. The maximum atomic E-state index is 14.3. The van der Waals surface area contributed by atoms with Gasteiger partial charge in [0.2, 0.25) is 0 Å². The van der Waals surface area contributed by atoms with Crippen LogP contribution in [0.3, 0.4) is 0 Å². The largest absolute Gasteiger partial charge is 0.493 e. The monoisotopic (exact) mass is 541 g/mol. The molecule has 4 aromatic rings. The van der Waals surface area contributed by atoms with Crippen LogP contribution in [-0.2, 0) is 0 Å². The molecule has 0 aliphatic carbocycles. The van der Waals surface area contributed by atoms with E-state index in [1.807, 2.05) is 24.3 Å². The van der Waals surface area contributed by atoms with Gasteiger partial charge in [0.15, 0.2) is 23.3 Å². The molecule has 0 fully saturated rings. The van der Waals surface area contributed by atoms with E-state index in [1.54, 1.807) is 12.3 Å². The van der Waals surface area contributed by atoms with Gasteiger partial charge in [0.1, 0.15) is 11.5 Å². The highest BCUT2D eigenvalue weighted by atomic mass is 19.2. The number of H-pyrrole nitrogens is 1. The van der Waals surface area contributed by atoms with Gasteiger partial charge in [-0.1, -0.05) is 45.6 Å². The highest BCUT2D eigenvalue weighted by Gasteiger charge is 2.22. The molecule has 2 heterocycles. The van der Waals surface area contributed by atoms with Gasteiger partial charge in [0, 0.05) is 11.8 Å². The number of nitrogens with zero attached hydrogens (tertiary/aromatic N) is 2. The Kier molecular flexibility index (Phi) is 9.57. The van der Waals surface area contributed by atoms with Crippen LogP contribution in [0, 0.1) is 23.3 Å². The Balaban J connectivity index is 1.68. The molecule has 2 aromatic carbocycles. The minimum Gasteiger partial charge on any atom is -0.493 e. The molecule has 0 unspecified atom stereocenters. The lowest BCUT2D eigenvalue weighted by Crippen LogP contribution is -2.03. The molecule has 4 rings (SSSR count). The molecule has 0 amide bonds. The van der Waals surface area contributed by atoms with Crippen molar-refractivity contribution in [1.29, 1.82) is 0 Å². The van der Waals surface area contributed by atoms with Gasteiger partial charge in [0.05, 0.1) is 35.9 Å². The number of nitrogens with one attached hydrogen (secondary N) is 1. The van der Waals surface area contributed by atoms with E-state index >= 15 is 0 Å². The number of aromatic nitrogens is 3. The van der Waals surface area contributed by atoms with Crippen molar-refractivity contribution < 1.29 is 27.0 Å². The summed E-state index contributed by atoms with van der Waals surface area (Å²) < 4.78 is 67.6. The van der Waals surface area contributed by atoms with Crippen LogP contribution in [0.2, 0.25) is 0 Å². The van der Waals surface area contributed by atoms with Gasteiger partial charge in [-0.05, 0) is 54.8 Å². The van der Waals surface area contributed by atoms with Crippen LogP contribution >= 0.6 is 0 Å². The molecule has 1 N–H and O–H groups in total. The standard InChI is InChI=1S/C30H31F4N3O2/c1-3-5-7-14-38-25-10-9-11-26(39-15-8-6-4-2)27(25)19-12-13-35-23(16-19)24-18-22(36-37-24)20-17-21(31)29(33)30(34)28(20)32/h9-13,16-18H,3-8,14-15H2,1-2H3,(H,36,37). The van der Waals surface area contributed by atoms with Gasteiger partial charge >= 0.3 is 0 Å². The molecule has 0 saturated heterocycles. The smallest absolute Gasteiger partial charge is 0.198 e. The maximum Gasteiger partial charge on any atom is 0.198 e. The van der Waals surface area contributed by atoms with Gasteiger partial charge in [0.25, 0.3) is 0 Å². The highest BCUT2D eigenvalue weighted by Crippen LogP contribution is 2.40. The number of halogens is 4. The van der Waals surface area contributed by atoms with E-state index in [1.165, 1.54) is 6.07 Å². The quantitative estimate of drug-likeness (QED) is 0.0798. The molecule has 0 spiro atoms. The summed E-state index contributed by atoms with van der Waals surface area (Å²) in [5.74, 6) is -5.42. The fourth-order valence-electron chi connectivity index (χ4n) is 4.19. The first-order valence-electron chi connectivity index (χ1n) is 13.2. The Morgan fingerprint density at radius 3 is 2.05 bits per heavy atom. The third kappa shape index (κ3) is 6.58. The summed E-state index contributed by atoms with van der Waals surface area (Å²) >= 11 is 0. The van der Waals surface area contributed by atoms with Crippen LogP contribution in [0.5, 0.6) is 11.5 Å². The molecule has 39 heavy (non-hydrogen) atoms. The fraction of sp³-hybridized carbons (Fsp3) is 0.333. The lowest BCUT2D eigenvalue weighted by atomic mass is 10.0. The average Bonchev–Trinajstić information content (AvgIpc) is 3.44. The lowest BCUT2D eigenvalue weighted by molar-refractivity contribution is 0.293. The summed E-state index contributed by atoms with van der Waals surface area (Å²) in [6.45, 7) is 5.40. The third-order valence-corrected chi connectivity index (χ3v) is 6.28. The fourth-order valence-corrected chi connectivity index (χ4v) is 4.19. The lowest BCUT2D eigenvalue weighted by Gasteiger charge is -2.17. The third-order valence-electron chi connectivity index (χ3n) is 6.28. The van der Waals surface area contributed by atoms with Crippen LogP contribution in [0.25, 0.3) is 33.8 Å². The van der Waals surface area contributed by atoms with E-state index in [9.17, 15) is 17.6 Å². The maximum absolute atomic E-state index is 14.3. The van der Waals surface area contributed by atoms with Crippen molar-refractivity contribution in [2.75, 3.05) is 13.2 Å². The summed E-state index contributed by atoms with van der Waals surface area (Å²) in [5.41, 5.74) is 1.79.